The first-order valence-electron chi connectivity index (χ1n) is 6.72. The zero-order chi connectivity index (χ0) is 13.8. The summed E-state index contributed by atoms with van der Waals surface area (Å²) in [6.07, 6.45) is 4.35. The van der Waals surface area contributed by atoms with Crippen molar-refractivity contribution in [3.05, 3.63) is 28.2 Å². The Bertz CT molecular complexity index is 467. The van der Waals surface area contributed by atoms with Gasteiger partial charge in [0.25, 0.3) is 0 Å². The summed E-state index contributed by atoms with van der Waals surface area (Å²) in [5, 5.41) is 4.67. The van der Waals surface area contributed by atoms with Crippen LogP contribution in [0.25, 0.3) is 0 Å². The molecule has 1 aliphatic carbocycles. The fourth-order valence-electron chi connectivity index (χ4n) is 2.52. The van der Waals surface area contributed by atoms with Gasteiger partial charge >= 0.3 is 0 Å². The Morgan fingerprint density at radius 1 is 1.32 bits per heavy atom. The second-order valence-corrected chi connectivity index (χ2v) is 7.39. The van der Waals surface area contributed by atoms with Crippen LogP contribution < -0.4 is 5.32 Å². The molecule has 106 valence electrons. The lowest BCUT2D eigenvalue weighted by Crippen LogP contribution is -2.38. The summed E-state index contributed by atoms with van der Waals surface area (Å²) in [6.45, 7) is 3.13. The average molecular weight is 320 g/mol. The quantitative estimate of drug-likeness (QED) is 0.888. The van der Waals surface area contributed by atoms with E-state index in [1.165, 1.54) is 0 Å². The van der Waals surface area contributed by atoms with Crippen LogP contribution >= 0.6 is 23.2 Å². The second kappa shape index (κ2) is 7.07. The molecule has 1 fully saturated rings. The molecule has 1 aromatic carbocycles. The van der Waals surface area contributed by atoms with E-state index in [-0.39, 0.29) is 5.25 Å². The highest BCUT2D eigenvalue weighted by Crippen LogP contribution is 2.30. The smallest absolute Gasteiger partial charge is 0.0604 e. The van der Waals surface area contributed by atoms with E-state index in [4.69, 9.17) is 23.2 Å². The van der Waals surface area contributed by atoms with Crippen molar-refractivity contribution in [1.82, 2.24) is 5.32 Å². The topological polar surface area (TPSA) is 29.1 Å². The first kappa shape index (κ1) is 15.3. The van der Waals surface area contributed by atoms with Crippen molar-refractivity contribution in [3.8, 4) is 0 Å². The van der Waals surface area contributed by atoms with Gasteiger partial charge in [0, 0.05) is 10.9 Å². The minimum absolute atomic E-state index is 0.184. The molecule has 0 heterocycles. The fourth-order valence-corrected chi connectivity index (χ4v) is 4.58. The maximum atomic E-state index is 12.7. The lowest BCUT2D eigenvalue weighted by atomic mass is 10.2. The molecule has 0 amide bonds. The summed E-state index contributed by atoms with van der Waals surface area (Å²) in [7, 11) is -1.02. The molecule has 0 bridgehead atoms. The Balaban J connectivity index is 2.11. The number of hydrogen-bond acceptors (Lipinski definition) is 2. The van der Waals surface area contributed by atoms with Gasteiger partial charge in [-0.15, -0.1) is 0 Å². The van der Waals surface area contributed by atoms with Gasteiger partial charge in [0.15, 0.2) is 0 Å². The van der Waals surface area contributed by atoms with Gasteiger partial charge in [-0.05, 0) is 44.0 Å². The van der Waals surface area contributed by atoms with E-state index in [1.54, 1.807) is 12.1 Å². The third-order valence-electron chi connectivity index (χ3n) is 3.51. The van der Waals surface area contributed by atoms with Gasteiger partial charge in [-0.2, -0.15) is 0 Å². The fraction of sp³-hybridized carbons (Fsp3) is 0.571. The molecular formula is C14H19Cl2NOS. The number of nitrogens with one attached hydrogen (secondary N) is 1. The molecule has 19 heavy (non-hydrogen) atoms. The minimum Gasteiger partial charge on any atom is -0.313 e. The molecule has 3 unspecified atom stereocenters. The average Bonchev–Trinajstić information content (AvgIpc) is 2.87. The van der Waals surface area contributed by atoms with E-state index < -0.39 is 10.8 Å². The largest absolute Gasteiger partial charge is 0.313 e. The highest BCUT2D eigenvalue weighted by Gasteiger charge is 2.32. The molecular weight excluding hydrogens is 301 g/mol. The Labute approximate surface area is 127 Å². The Kier molecular flexibility index (Phi) is 5.70. The predicted octanol–water partition coefficient (Wildman–Crippen LogP) is 4.02. The molecule has 0 aromatic heterocycles. The van der Waals surface area contributed by atoms with Gasteiger partial charge in [-0.1, -0.05) is 36.5 Å². The number of rotatable bonds is 5. The van der Waals surface area contributed by atoms with Gasteiger partial charge in [0.05, 0.1) is 26.1 Å². The summed E-state index contributed by atoms with van der Waals surface area (Å²) in [5.41, 5.74) is 0. The van der Waals surface area contributed by atoms with Gasteiger partial charge < -0.3 is 5.32 Å². The van der Waals surface area contributed by atoms with E-state index in [1.807, 2.05) is 6.07 Å². The Hall–Kier alpha value is -0.0900. The van der Waals surface area contributed by atoms with Crippen LogP contribution in [0.3, 0.4) is 0 Å². The molecule has 0 spiro atoms. The molecule has 0 saturated heterocycles. The van der Waals surface area contributed by atoms with Crippen molar-refractivity contribution in [1.29, 1.82) is 0 Å². The number of hydrogen-bond donors (Lipinski definition) is 1. The van der Waals surface area contributed by atoms with Crippen molar-refractivity contribution >= 4 is 34.0 Å². The highest BCUT2D eigenvalue weighted by atomic mass is 35.5. The van der Waals surface area contributed by atoms with Crippen LogP contribution in [0.15, 0.2) is 23.1 Å². The third kappa shape index (κ3) is 3.72. The third-order valence-corrected chi connectivity index (χ3v) is 6.08. The minimum atomic E-state index is -1.02. The molecule has 1 saturated carbocycles. The van der Waals surface area contributed by atoms with Crippen LogP contribution in [-0.4, -0.2) is 22.0 Å². The van der Waals surface area contributed by atoms with E-state index in [9.17, 15) is 4.21 Å². The van der Waals surface area contributed by atoms with Crippen LogP contribution in [0.1, 0.15) is 32.6 Å². The van der Waals surface area contributed by atoms with Gasteiger partial charge in [0.2, 0.25) is 0 Å². The molecule has 5 heteroatoms. The standard InChI is InChI=1S/C14H19Cl2NOS/c1-2-8-17-13-4-3-5-14(13)19(18)10-6-7-11(15)12(16)9-10/h6-7,9,13-14,17H,2-5,8H2,1H3. The summed E-state index contributed by atoms with van der Waals surface area (Å²) < 4.78 is 12.7. The molecule has 1 N–H and O–H groups in total. The van der Waals surface area contributed by atoms with Crippen LogP contribution in [0.4, 0.5) is 0 Å². The Morgan fingerprint density at radius 2 is 2.11 bits per heavy atom. The van der Waals surface area contributed by atoms with E-state index in [0.717, 1.165) is 37.1 Å². The first-order chi connectivity index (χ1) is 9.13. The maximum Gasteiger partial charge on any atom is 0.0604 e. The Morgan fingerprint density at radius 3 is 2.79 bits per heavy atom. The van der Waals surface area contributed by atoms with Crippen molar-refractivity contribution in [2.45, 2.75) is 48.8 Å². The maximum absolute atomic E-state index is 12.7. The van der Waals surface area contributed by atoms with E-state index >= 15 is 0 Å². The zero-order valence-corrected chi connectivity index (χ0v) is 13.3. The van der Waals surface area contributed by atoms with Crippen molar-refractivity contribution in [3.63, 3.8) is 0 Å². The van der Waals surface area contributed by atoms with Crippen molar-refractivity contribution < 1.29 is 4.21 Å². The van der Waals surface area contributed by atoms with E-state index in [0.29, 0.717) is 16.1 Å². The molecule has 1 aromatic rings. The molecule has 0 radical (unpaired) electrons. The number of benzene rings is 1. The van der Waals surface area contributed by atoms with Crippen LogP contribution in [0.2, 0.25) is 10.0 Å². The molecule has 3 atom stereocenters. The van der Waals surface area contributed by atoms with Crippen LogP contribution in [-0.2, 0) is 10.8 Å². The number of halogens is 2. The van der Waals surface area contributed by atoms with Crippen molar-refractivity contribution in [2.75, 3.05) is 6.54 Å². The summed E-state index contributed by atoms with van der Waals surface area (Å²) in [5.74, 6) is 0. The second-order valence-electron chi connectivity index (χ2n) is 4.90. The SMILES string of the molecule is CCCNC1CCCC1S(=O)c1ccc(Cl)c(Cl)c1. The van der Waals surface area contributed by atoms with Crippen LogP contribution in [0.5, 0.6) is 0 Å². The van der Waals surface area contributed by atoms with E-state index in [2.05, 4.69) is 12.2 Å². The summed E-state index contributed by atoms with van der Waals surface area (Å²) in [6, 6.07) is 5.63. The van der Waals surface area contributed by atoms with Gasteiger partial charge in [0.1, 0.15) is 0 Å². The predicted molar refractivity (Wildman–Crippen MR) is 82.6 cm³/mol. The molecule has 2 nitrogen and oxygen atoms in total. The highest BCUT2D eigenvalue weighted by molar-refractivity contribution is 7.85. The molecule has 2 rings (SSSR count). The first-order valence-corrected chi connectivity index (χ1v) is 8.69. The van der Waals surface area contributed by atoms with Gasteiger partial charge in [-0.25, -0.2) is 0 Å². The lowest BCUT2D eigenvalue weighted by molar-refractivity contribution is 0.523. The monoisotopic (exact) mass is 319 g/mol. The molecule has 1 aliphatic rings. The molecule has 0 aliphatic heterocycles. The van der Waals surface area contributed by atoms with Crippen molar-refractivity contribution in [2.24, 2.45) is 0 Å². The van der Waals surface area contributed by atoms with Crippen LogP contribution in [0, 0.1) is 0 Å². The summed E-state index contributed by atoms with van der Waals surface area (Å²) >= 11 is 11.9. The normalized spacial score (nSPS) is 24.6. The van der Waals surface area contributed by atoms with Gasteiger partial charge in [-0.3, -0.25) is 4.21 Å². The zero-order valence-electron chi connectivity index (χ0n) is 11.0. The lowest BCUT2D eigenvalue weighted by Gasteiger charge is -2.20. The summed E-state index contributed by atoms with van der Waals surface area (Å²) in [4.78, 5) is 0.782.